The van der Waals surface area contributed by atoms with Gasteiger partial charge in [0.1, 0.15) is 11.4 Å². The molecule has 0 spiro atoms. The average Bonchev–Trinajstić information content (AvgIpc) is 3.27. The van der Waals surface area contributed by atoms with Crippen molar-refractivity contribution in [3.63, 3.8) is 0 Å². The molecule has 0 fully saturated rings. The molecule has 3 aromatic carbocycles. The summed E-state index contributed by atoms with van der Waals surface area (Å²) in [6, 6.07) is 23.0. The Hall–Kier alpha value is -4.18. The molecule has 33 heavy (non-hydrogen) atoms. The number of nitrogens with zero attached hydrogens (tertiary/aromatic N) is 4. The highest BCUT2D eigenvalue weighted by molar-refractivity contribution is 7.99. The molecule has 0 saturated heterocycles. The van der Waals surface area contributed by atoms with Crippen LogP contribution in [-0.4, -0.2) is 38.5 Å². The highest BCUT2D eigenvalue weighted by Crippen LogP contribution is 2.32. The lowest BCUT2D eigenvalue weighted by atomic mass is 10.2. The van der Waals surface area contributed by atoms with Crippen LogP contribution in [0.25, 0.3) is 17.1 Å². The fourth-order valence-electron chi connectivity index (χ4n) is 3.22. The summed E-state index contributed by atoms with van der Waals surface area (Å²) in [5.41, 5.74) is 1.56. The number of anilines is 1. The van der Waals surface area contributed by atoms with Gasteiger partial charge in [0.05, 0.1) is 23.5 Å². The van der Waals surface area contributed by atoms with Gasteiger partial charge in [0.15, 0.2) is 11.0 Å². The summed E-state index contributed by atoms with van der Waals surface area (Å²) in [7, 11) is 1.58. The third-order valence-electron chi connectivity index (χ3n) is 4.70. The van der Waals surface area contributed by atoms with E-state index in [2.05, 4.69) is 15.5 Å². The molecule has 0 aliphatic heterocycles. The summed E-state index contributed by atoms with van der Waals surface area (Å²) >= 11 is 1.17. The summed E-state index contributed by atoms with van der Waals surface area (Å²) in [6.07, 6.45) is 0. The van der Waals surface area contributed by atoms with Gasteiger partial charge in [0, 0.05) is 11.6 Å². The zero-order valence-electron chi connectivity index (χ0n) is 17.5. The van der Waals surface area contributed by atoms with E-state index >= 15 is 0 Å². The fraction of sp³-hybridized carbons (Fsp3) is 0.0870. The molecule has 0 atom stereocenters. The molecule has 0 radical (unpaired) electrons. The third-order valence-corrected chi connectivity index (χ3v) is 5.63. The van der Waals surface area contributed by atoms with Crippen molar-refractivity contribution >= 4 is 29.0 Å². The highest BCUT2D eigenvalue weighted by Gasteiger charge is 2.20. The minimum absolute atomic E-state index is 0.0197. The van der Waals surface area contributed by atoms with Crippen LogP contribution in [0.4, 0.5) is 11.4 Å². The lowest BCUT2D eigenvalue weighted by molar-refractivity contribution is -0.383. The van der Waals surface area contributed by atoms with Gasteiger partial charge in [-0.3, -0.25) is 19.5 Å². The average molecular weight is 462 g/mol. The normalized spacial score (nSPS) is 10.6. The van der Waals surface area contributed by atoms with E-state index in [9.17, 15) is 14.9 Å². The maximum Gasteiger partial charge on any atom is 0.292 e. The van der Waals surface area contributed by atoms with E-state index < -0.39 is 10.8 Å². The zero-order valence-corrected chi connectivity index (χ0v) is 18.4. The van der Waals surface area contributed by atoms with Gasteiger partial charge in [-0.2, -0.15) is 0 Å². The summed E-state index contributed by atoms with van der Waals surface area (Å²) in [5, 5.41) is 22.9. The van der Waals surface area contributed by atoms with Crippen LogP contribution in [0.1, 0.15) is 0 Å². The number of thioether (sulfide) groups is 1. The SMILES string of the molecule is COc1ccccc1-n1c(SCC(=O)Nc2ccccc2[N+](=O)[O-])nnc1-c1ccccc1. The van der Waals surface area contributed by atoms with Crippen molar-refractivity contribution in [2.75, 3.05) is 18.2 Å². The Balaban J connectivity index is 1.63. The molecular formula is C23H19N5O4S. The molecule has 0 aliphatic rings. The number of ether oxygens (including phenoxy) is 1. The van der Waals surface area contributed by atoms with Crippen LogP contribution in [0.2, 0.25) is 0 Å². The van der Waals surface area contributed by atoms with E-state index in [1.807, 2.05) is 59.2 Å². The van der Waals surface area contributed by atoms with Crippen molar-refractivity contribution in [2.45, 2.75) is 5.16 Å². The number of methoxy groups -OCH3 is 1. The maximum atomic E-state index is 12.6. The first-order valence-corrected chi connectivity index (χ1v) is 10.9. The summed E-state index contributed by atoms with van der Waals surface area (Å²) in [4.78, 5) is 23.2. The van der Waals surface area contributed by atoms with Gasteiger partial charge < -0.3 is 10.1 Å². The van der Waals surface area contributed by atoms with Gasteiger partial charge in [-0.05, 0) is 18.2 Å². The van der Waals surface area contributed by atoms with Gasteiger partial charge in [-0.15, -0.1) is 10.2 Å². The zero-order chi connectivity index (χ0) is 23.2. The van der Waals surface area contributed by atoms with Crippen molar-refractivity contribution in [2.24, 2.45) is 0 Å². The molecule has 0 bridgehead atoms. The minimum atomic E-state index is -0.535. The van der Waals surface area contributed by atoms with Crippen LogP contribution in [-0.2, 0) is 4.79 Å². The van der Waals surface area contributed by atoms with Crippen LogP contribution in [0.15, 0.2) is 84.0 Å². The van der Waals surface area contributed by atoms with Crippen molar-refractivity contribution in [3.8, 4) is 22.8 Å². The predicted octanol–water partition coefficient (Wildman–Crippen LogP) is 4.58. The van der Waals surface area contributed by atoms with Gasteiger partial charge in [-0.1, -0.05) is 66.4 Å². The second-order valence-corrected chi connectivity index (χ2v) is 7.73. The Labute approximate surface area is 193 Å². The van der Waals surface area contributed by atoms with Gasteiger partial charge in [0.2, 0.25) is 5.91 Å². The molecular weight excluding hydrogens is 442 g/mol. The molecule has 1 heterocycles. The Kier molecular flexibility index (Phi) is 6.65. The molecule has 166 valence electrons. The Bertz CT molecular complexity index is 1290. The molecule has 0 aliphatic carbocycles. The summed E-state index contributed by atoms with van der Waals surface area (Å²) in [5.74, 6) is 0.807. The van der Waals surface area contributed by atoms with Crippen molar-refractivity contribution < 1.29 is 14.5 Å². The molecule has 0 saturated carbocycles. The second kappa shape index (κ2) is 9.96. The first-order chi connectivity index (χ1) is 16.1. The molecule has 1 N–H and O–H groups in total. The third kappa shape index (κ3) is 4.85. The van der Waals surface area contributed by atoms with Crippen LogP contribution >= 0.6 is 11.8 Å². The largest absolute Gasteiger partial charge is 0.495 e. The van der Waals surface area contributed by atoms with E-state index in [-0.39, 0.29) is 17.1 Å². The number of nitro benzene ring substituents is 1. The molecule has 4 aromatic rings. The Morgan fingerprint density at radius 1 is 1.03 bits per heavy atom. The number of aromatic nitrogens is 3. The molecule has 4 rings (SSSR count). The lowest BCUT2D eigenvalue weighted by Gasteiger charge is -2.14. The number of para-hydroxylation sites is 4. The number of carbonyl (C=O) groups is 1. The monoisotopic (exact) mass is 461 g/mol. The van der Waals surface area contributed by atoms with Crippen molar-refractivity contribution in [1.29, 1.82) is 0 Å². The number of nitrogens with one attached hydrogen (secondary N) is 1. The highest BCUT2D eigenvalue weighted by atomic mass is 32.2. The number of benzene rings is 3. The van der Waals surface area contributed by atoms with E-state index in [1.165, 1.54) is 23.9 Å². The van der Waals surface area contributed by atoms with Crippen molar-refractivity contribution in [3.05, 3.63) is 89.0 Å². The minimum Gasteiger partial charge on any atom is -0.495 e. The topological polar surface area (TPSA) is 112 Å². The van der Waals surface area contributed by atoms with E-state index in [1.54, 1.807) is 19.2 Å². The van der Waals surface area contributed by atoms with Crippen LogP contribution < -0.4 is 10.1 Å². The number of amides is 1. The van der Waals surface area contributed by atoms with Gasteiger partial charge in [0.25, 0.3) is 5.69 Å². The Morgan fingerprint density at radius 2 is 1.73 bits per heavy atom. The number of nitro groups is 1. The number of rotatable bonds is 8. The quantitative estimate of drug-likeness (QED) is 0.232. The van der Waals surface area contributed by atoms with Crippen molar-refractivity contribution in [1.82, 2.24) is 14.8 Å². The van der Waals surface area contributed by atoms with Crippen LogP contribution in [0, 0.1) is 10.1 Å². The summed E-state index contributed by atoms with van der Waals surface area (Å²) < 4.78 is 7.36. The molecule has 1 aromatic heterocycles. The van der Waals surface area contributed by atoms with Crippen LogP contribution in [0.5, 0.6) is 5.75 Å². The Morgan fingerprint density at radius 3 is 2.48 bits per heavy atom. The standard InChI is InChI=1S/C23H19N5O4S/c1-32-20-14-8-7-13-19(20)27-22(16-9-3-2-4-10-16)25-26-23(27)33-15-21(29)24-17-11-5-6-12-18(17)28(30)31/h2-14H,15H2,1H3,(H,24,29). The maximum absolute atomic E-state index is 12.6. The van der Waals surface area contributed by atoms with E-state index in [0.717, 1.165) is 11.3 Å². The van der Waals surface area contributed by atoms with E-state index in [4.69, 9.17) is 4.74 Å². The number of carbonyl (C=O) groups excluding carboxylic acids is 1. The van der Waals surface area contributed by atoms with E-state index in [0.29, 0.717) is 16.7 Å². The molecule has 10 heteroatoms. The summed E-state index contributed by atoms with van der Waals surface area (Å²) in [6.45, 7) is 0. The predicted molar refractivity (Wildman–Crippen MR) is 126 cm³/mol. The first-order valence-electron chi connectivity index (χ1n) is 9.89. The molecule has 9 nitrogen and oxygen atoms in total. The number of hydrogen-bond donors (Lipinski definition) is 1. The molecule has 1 amide bonds. The molecule has 0 unspecified atom stereocenters. The number of hydrogen-bond acceptors (Lipinski definition) is 7. The van der Waals surface area contributed by atoms with Gasteiger partial charge >= 0.3 is 0 Å². The fourth-order valence-corrected chi connectivity index (χ4v) is 3.97. The van der Waals surface area contributed by atoms with Gasteiger partial charge in [-0.25, -0.2) is 0 Å². The first kappa shape index (κ1) is 22.0. The smallest absolute Gasteiger partial charge is 0.292 e. The second-order valence-electron chi connectivity index (χ2n) is 6.79. The van der Waals surface area contributed by atoms with Crippen LogP contribution in [0.3, 0.4) is 0 Å². The lowest BCUT2D eigenvalue weighted by Crippen LogP contribution is -2.15.